The Morgan fingerprint density at radius 2 is 1.92 bits per heavy atom. The molecule has 0 aromatic heterocycles. The van der Waals surface area contributed by atoms with Crippen LogP contribution in [0.5, 0.6) is 11.5 Å². The standard InChI is InChI=1S/C20H28N2O4/c1-15-19(23)21(2)14-20(26-15)8-11-22(12-9-20)10-7-16-13-24-17-5-3-4-6-18(17)25-16/h3-6,15-16H,7-14H2,1-2H3. The molecule has 0 saturated carbocycles. The van der Waals surface area contributed by atoms with Gasteiger partial charge in [-0.1, -0.05) is 12.1 Å². The summed E-state index contributed by atoms with van der Waals surface area (Å²) in [5.41, 5.74) is -0.165. The number of fused-ring (bicyclic) bond motifs is 1. The van der Waals surface area contributed by atoms with Gasteiger partial charge in [0, 0.05) is 39.6 Å². The Morgan fingerprint density at radius 3 is 2.65 bits per heavy atom. The van der Waals surface area contributed by atoms with E-state index in [1.165, 1.54) is 0 Å². The van der Waals surface area contributed by atoms with Crippen LogP contribution in [0.15, 0.2) is 24.3 Å². The average molecular weight is 360 g/mol. The number of rotatable bonds is 3. The fraction of sp³-hybridized carbons (Fsp3) is 0.650. The molecular formula is C20H28N2O4. The van der Waals surface area contributed by atoms with Crippen LogP contribution in [0.3, 0.4) is 0 Å². The largest absolute Gasteiger partial charge is 0.486 e. The molecular weight excluding hydrogens is 332 g/mol. The first-order valence-corrected chi connectivity index (χ1v) is 9.58. The lowest BCUT2D eigenvalue weighted by Crippen LogP contribution is -2.60. The topological polar surface area (TPSA) is 51.2 Å². The minimum atomic E-state index is -0.326. The number of hydrogen-bond acceptors (Lipinski definition) is 5. The lowest BCUT2D eigenvalue weighted by molar-refractivity contribution is -0.187. The molecule has 0 aliphatic carbocycles. The van der Waals surface area contributed by atoms with E-state index >= 15 is 0 Å². The van der Waals surface area contributed by atoms with Crippen molar-refractivity contribution in [3.8, 4) is 11.5 Å². The molecule has 3 aliphatic rings. The lowest BCUT2D eigenvalue weighted by Gasteiger charge is -2.48. The van der Waals surface area contributed by atoms with Crippen molar-refractivity contribution in [3.63, 3.8) is 0 Å². The van der Waals surface area contributed by atoms with Gasteiger partial charge in [-0.2, -0.15) is 0 Å². The SMILES string of the molecule is CC1OC2(CCN(CCC3COc4ccccc4O3)CC2)CN(C)C1=O. The number of para-hydroxylation sites is 2. The van der Waals surface area contributed by atoms with Gasteiger partial charge in [0.1, 0.15) is 18.8 Å². The van der Waals surface area contributed by atoms with E-state index in [2.05, 4.69) is 4.90 Å². The van der Waals surface area contributed by atoms with Crippen molar-refractivity contribution < 1.29 is 19.0 Å². The number of amides is 1. The molecule has 3 heterocycles. The summed E-state index contributed by atoms with van der Waals surface area (Å²) in [5, 5.41) is 0. The molecule has 2 fully saturated rings. The number of morpholine rings is 1. The highest BCUT2D eigenvalue weighted by molar-refractivity contribution is 5.81. The predicted molar refractivity (Wildman–Crippen MR) is 97.6 cm³/mol. The molecule has 0 bridgehead atoms. The van der Waals surface area contributed by atoms with Gasteiger partial charge in [-0.25, -0.2) is 0 Å². The molecule has 1 spiro atoms. The number of nitrogens with zero attached hydrogens (tertiary/aromatic N) is 2. The first kappa shape index (κ1) is 17.6. The van der Waals surface area contributed by atoms with E-state index in [-0.39, 0.29) is 23.7 Å². The van der Waals surface area contributed by atoms with E-state index in [1.54, 1.807) is 0 Å². The fourth-order valence-electron chi connectivity index (χ4n) is 4.28. The summed E-state index contributed by atoms with van der Waals surface area (Å²) in [7, 11) is 1.88. The molecule has 2 unspecified atom stereocenters. The van der Waals surface area contributed by atoms with Gasteiger partial charge in [0.05, 0.1) is 5.60 Å². The van der Waals surface area contributed by atoms with Crippen LogP contribution in [0.4, 0.5) is 0 Å². The molecule has 2 saturated heterocycles. The van der Waals surface area contributed by atoms with Crippen LogP contribution in [0.1, 0.15) is 26.2 Å². The number of likely N-dealkylation sites (N-methyl/N-ethyl adjacent to an activating group) is 1. The molecule has 3 aliphatic heterocycles. The maximum Gasteiger partial charge on any atom is 0.251 e. The first-order valence-electron chi connectivity index (χ1n) is 9.58. The second-order valence-corrected chi connectivity index (χ2v) is 7.77. The molecule has 1 aromatic carbocycles. The molecule has 0 radical (unpaired) electrons. The minimum absolute atomic E-state index is 0.0905. The Morgan fingerprint density at radius 1 is 1.19 bits per heavy atom. The molecule has 142 valence electrons. The van der Waals surface area contributed by atoms with Gasteiger partial charge in [-0.05, 0) is 31.9 Å². The zero-order chi connectivity index (χ0) is 18.1. The third-order valence-corrected chi connectivity index (χ3v) is 5.78. The maximum atomic E-state index is 11.9. The number of ether oxygens (including phenoxy) is 3. The number of hydrogen-bond donors (Lipinski definition) is 0. The van der Waals surface area contributed by atoms with Crippen molar-refractivity contribution in [1.82, 2.24) is 9.80 Å². The second-order valence-electron chi connectivity index (χ2n) is 7.77. The van der Waals surface area contributed by atoms with Crippen molar-refractivity contribution in [2.45, 2.75) is 44.0 Å². The zero-order valence-electron chi connectivity index (χ0n) is 15.6. The average Bonchev–Trinajstić information content (AvgIpc) is 2.65. The van der Waals surface area contributed by atoms with Crippen LogP contribution in [-0.2, 0) is 9.53 Å². The number of benzene rings is 1. The van der Waals surface area contributed by atoms with Crippen LogP contribution in [0, 0.1) is 0 Å². The second kappa shape index (κ2) is 7.08. The van der Waals surface area contributed by atoms with Crippen molar-refractivity contribution >= 4 is 5.91 Å². The Bertz CT molecular complexity index is 641. The van der Waals surface area contributed by atoms with Crippen LogP contribution in [0.2, 0.25) is 0 Å². The highest BCUT2D eigenvalue weighted by Crippen LogP contribution is 2.34. The van der Waals surface area contributed by atoms with Crippen LogP contribution in [0.25, 0.3) is 0 Å². The summed E-state index contributed by atoms with van der Waals surface area (Å²) < 4.78 is 18.0. The highest BCUT2D eigenvalue weighted by atomic mass is 16.6. The lowest BCUT2D eigenvalue weighted by atomic mass is 9.88. The fourth-order valence-corrected chi connectivity index (χ4v) is 4.28. The number of carbonyl (C=O) groups excluding carboxylic acids is 1. The summed E-state index contributed by atoms with van der Waals surface area (Å²) >= 11 is 0. The number of likely N-dealkylation sites (tertiary alicyclic amines) is 1. The Labute approximate surface area is 155 Å². The van der Waals surface area contributed by atoms with Gasteiger partial charge in [0.25, 0.3) is 5.91 Å². The van der Waals surface area contributed by atoms with Gasteiger partial charge in [-0.3, -0.25) is 4.79 Å². The number of piperidine rings is 1. The normalized spacial score (nSPS) is 28.4. The monoisotopic (exact) mass is 360 g/mol. The van der Waals surface area contributed by atoms with Gasteiger partial charge >= 0.3 is 0 Å². The summed E-state index contributed by atoms with van der Waals surface area (Å²) in [5.74, 6) is 1.78. The van der Waals surface area contributed by atoms with E-state index in [1.807, 2.05) is 43.1 Å². The van der Waals surface area contributed by atoms with E-state index < -0.39 is 0 Å². The molecule has 1 amide bonds. The molecule has 2 atom stereocenters. The van der Waals surface area contributed by atoms with Crippen molar-refractivity contribution in [1.29, 1.82) is 0 Å². The summed E-state index contributed by atoms with van der Waals surface area (Å²) in [6.07, 6.45) is 2.68. The van der Waals surface area contributed by atoms with Gasteiger partial charge in [-0.15, -0.1) is 0 Å². The minimum Gasteiger partial charge on any atom is -0.486 e. The van der Waals surface area contributed by atoms with Crippen molar-refractivity contribution in [3.05, 3.63) is 24.3 Å². The van der Waals surface area contributed by atoms with Gasteiger partial charge < -0.3 is 24.0 Å². The Kier molecular flexibility index (Phi) is 4.80. The quantitative estimate of drug-likeness (QED) is 0.824. The molecule has 1 aromatic rings. The third-order valence-electron chi connectivity index (χ3n) is 5.78. The van der Waals surface area contributed by atoms with Crippen molar-refractivity contribution in [2.75, 3.05) is 39.8 Å². The molecule has 6 heteroatoms. The smallest absolute Gasteiger partial charge is 0.251 e. The highest BCUT2D eigenvalue weighted by Gasteiger charge is 2.44. The Balaban J connectivity index is 1.25. The molecule has 26 heavy (non-hydrogen) atoms. The maximum absolute atomic E-state index is 11.9. The Hall–Kier alpha value is -1.79. The van der Waals surface area contributed by atoms with Gasteiger partial charge in [0.2, 0.25) is 0 Å². The molecule has 0 N–H and O–H groups in total. The van der Waals surface area contributed by atoms with E-state index in [0.29, 0.717) is 13.2 Å². The number of carbonyl (C=O) groups is 1. The van der Waals surface area contributed by atoms with Gasteiger partial charge in [0.15, 0.2) is 11.5 Å². The first-order chi connectivity index (χ1) is 12.5. The predicted octanol–water partition coefficient (Wildman–Crippen LogP) is 1.93. The van der Waals surface area contributed by atoms with Crippen molar-refractivity contribution in [2.24, 2.45) is 0 Å². The van der Waals surface area contributed by atoms with Crippen LogP contribution >= 0.6 is 0 Å². The van der Waals surface area contributed by atoms with E-state index in [0.717, 1.165) is 50.4 Å². The van der Waals surface area contributed by atoms with E-state index in [4.69, 9.17) is 14.2 Å². The summed E-state index contributed by atoms with van der Waals surface area (Å²) in [4.78, 5) is 16.2. The molecule has 4 rings (SSSR count). The third kappa shape index (κ3) is 3.53. The summed E-state index contributed by atoms with van der Waals surface area (Å²) in [6.45, 7) is 6.18. The van der Waals surface area contributed by atoms with Crippen LogP contribution < -0.4 is 9.47 Å². The molecule has 6 nitrogen and oxygen atoms in total. The summed E-state index contributed by atoms with van der Waals surface area (Å²) in [6, 6.07) is 7.85. The van der Waals surface area contributed by atoms with Crippen LogP contribution in [-0.4, -0.2) is 73.3 Å². The van der Waals surface area contributed by atoms with E-state index in [9.17, 15) is 4.79 Å². The zero-order valence-corrected chi connectivity index (χ0v) is 15.6.